The molecule has 0 radical (unpaired) electrons. The van der Waals surface area contributed by atoms with Crippen LogP contribution < -0.4 is 0 Å². The topological polar surface area (TPSA) is 42.3 Å². The molecule has 2 amide bonds. The Labute approximate surface area is 201 Å². The molecular weight excluding hydrogens is 452 g/mol. The Kier molecular flexibility index (Phi) is 5.83. The molecule has 2 heterocycles. The van der Waals surface area contributed by atoms with E-state index in [1.54, 1.807) is 0 Å². The number of halogens is 1. The largest absolute Gasteiger partial charge is 0.342 e. The summed E-state index contributed by atoms with van der Waals surface area (Å²) >= 11 is 7.03. The summed E-state index contributed by atoms with van der Waals surface area (Å²) in [7, 11) is 0. The third-order valence-corrected chi connectivity index (χ3v) is 6.99. The SMILES string of the molecule is Cc1ccccc1CN1C(=O)S/C(=C\c2cn(Cc3ccc(Cl)cc3)c3ccccc23)C1=O. The zero-order valence-electron chi connectivity index (χ0n) is 18.0. The minimum atomic E-state index is -0.247. The fourth-order valence-electron chi connectivity index (χ4n) is 4.04. The van der Waals surface area contributed by atoms with Crippen LogP contribution in [0.15, 0.2) is 83.9 Å². The van der Waals surface area contributed by atoms with E-state index in [4.69, 9.17) is 11.6 Å². The number of aryl methyl sites for hydroxylation is 1. The van der Waals surface area contributed by atoms with Crippen LogP contribution in [0.2, 0.25) is 5.02 Å². The van der Waals surface area contributed by atoms with Gasteiger partial charge in [-0.2, -0.15) is 0 Å². The highest BCUT2D eigenvalue weighted by Crippen LogP contribution is 2.35. The van der Waals surface area contributed by atoms with Crippen LogP contribution in [0.4, 0.5) is 4.79 Å². The molecule has 1 aliphatic heterocycles. The summed E-state index contributed by atoms with van der Waals surface area (Å²) in [6.45, 7) is 2.95. The maximum Gasteiger partial charge on any atom is 0.293 e. The quantitative estimate of drug-likeness (QED) is 0.297. The van der Waals surface area contributed by atoms with Crippen LogP contribution in [0.25, 0.3) is 17.0 Å². The molecule has 0 bridgehead atoms. The second-order valence-electron chi connectivity index (χ2n) is 8.05. The van der Waals surface area contributed by atoms with E-state index in [-0.39, 0.29) is 17.7 Å². The molecule has 6 heteroatoms. The van der Waals surface area contributed by atoms with E-state index >= 15 is 0 Å². The number of carbonyl (C=O) groups is 2. The lowest BCUT2D eigenvalue weighted by molar-refractivity contribution is -0.123. The third kappa shape index (κ3) is 4.34. The number of imide groups is 1. The lowest BCUT2D eigenvalue weighted by Gasteiger charge is -2.14. The fraction of sp³-hybridized carbons (Fsp3) is 0.111. The minimum absolute atomic E-state index is 0.237. The molecule has 1 saturated heterocycles. The van der Waals surface area contributed by atoms with Crippen molar-refractivity contribution in [2.24, 2.45) is 0 Å². The molecule has 0 spiro atoms. The molecule has 5 rings (SSSR count). The van der Waals surface area contributed by atoms with Gasteiger partial charge < -0.3 is 4.57 Å². The first-order chi connectivity index (χ1) is 16.0. The van der Waals surface area contributed by atoms with Crippen LogP contribution >= 0.6 is 23.4 Å². The Bertz CT molecular complexity index is 1410. The van der Waals surface area contributed by atoms with Gasteiger partial charge in [0, 0.05) is 34.2 Å². The average Bonchev–Trinajstić information content (AvgIpc) is 3.29. The zero-order valence-corrected chi connectivity index (χ0v) is 19.6. The number of aromatic nitrogens is 1. The first-order valence-corrected chi connectivity index (χ1v) is 11.8. The van der Waals surface area contributed by atoms with Gasteiger partial charge in [0.05, 0.1) is 11.4 Å². The normalized spacial score (nSPS) is 15.2. The number of hydrogen-bond donors (Lipinski definition) is 0. The maximum atomic E-state index is 13.1. The standard InChI is InChI=1S/C27H21ClN2O2S/c1-18-6-2-3-7-20(18)17-30-26(31)25(33-27(30)32)14-21-16-29(24-9-5-4-8-23(21)24)15-19-10-12-22(28)13-11-19/h2-14,16H,15,17H2,1H3/b25-14-. The van der Waals surface area contributed by atoms with E-state index < -0.39 is 0 Å². The molecule has 1 fully saturated rings. The van der Waals surface area contributed by atoms with Gasteiger partial charge in [0.15, 0.2) is 0 Å². The minimum Gasteiger partial charge on any atom is -0.342 e. The van der Waals surface area contributed by atoms with E-state index in [1.807, 2.05) is 85.9 Å². The fourth-order valence-corrected chi connectivity index (χ4v) is 5.00. The molecule has 1 aromatic heterocycles. The molecule has 4 aromatic rings. The summed E-state index contributed by atoms with van der Waals surface area (Å²) < 4.78 is 2.15. The molecule has 4 nitrogen and oxygen atoms in total. The van der Waals surface area contributed by atoms with Crippen molar-refractivity contribution in [3.8, 4) is 0 Å². The number of thioether (sulfide) groups is 1. The molecule has 3 aromatic carbocycles. The Balaban J connectivity index is 1.46. The summed E-state index contributed by atoms with van der Waals surface area (Å²) in [5.74, 6) is -0.247. The first kappa shape index (κ1) is 21.6. The second kappa shape index (κ2) is 8.93. The molecule has 0 saturated carbocycles. The summed E-state index contributed by atoms with van der Waals surface area (Å²) in [5, 5.41) is 1.51. The van der Waals surface area contributed by atoms with Crippen LogP contribution in [0.1, 0.15) is 22.3 Å². The predicted molar refractivity (Wildman–Crippen MR) is 135 cm³/mol. The molecule has 1 aliphatic rings. The van der Waals surface area contributed by atoms with Crippen molar-refractivity contribution in [2.45, 2.75) is 20.0 Å². The number of benzene rings is 3. The van der Waals surface area contributed by atoms with Gasteiger partial charge in [0.1, 0.15) is 0 Å². The average molecular weight is 473 g/mol. The van der Waals surface area contributed by atoms with Crippen LogP contribution in [0, 0.1) is 6.92 Å². The molecule has 164 valence electrons. The van der Waals surface area contributed by atoms with E-state index in [0.29, 0.717) is 16.5 Å². The third-order valence-electron chi connectivity index (χ3n) is 5.84. The highest BCUT2D eigenvalue weighted by Gasteiger charge is 2.35. The van der Waals surface area contributed by atoms with Gasteiger partial charge in [-0.3, -0.25) is 14.5 Å². The van der Waals surface area contributed by atoms with E-state index in [9.17, 15) is 9.59 Å². The maximum absolute atomic E-state index is 13.1. The van der Waals surface area contributed by atoms with Gasteiger partial charge in [0.2, 0.25) is 0 Å². The van der Waals surface area contributed by atoms with Crippen molar-refractivity contribution in [3.05, 3.63) is 111 Å². The van der Waals surface area contributed by atoms with Gasteiger partial charge >= 0.3 is 0 Å². The highest BCUT2D eigenvalue weighted by atomic mass is 35.5. The van der Waals surface area contributed by atoms with E-state index in [1.165, 1.54) is 4.90 Å². The molecule has 0 atom stereocenters. The van der Waals surface area contributed by atoms with Gasteiger partial charge in [0.25, 0.3) is 11.1 Å². The lowest BCUT2D eigenvalue weighted by Crippen LogP contribution is -2.27. The molecular formula is C27H21ClN2O2S. The number of fused-ring (bicyclic) bond motifs is 1. The van der Waals surface area contributed by atoms with Crippen molar-refractivity contribution in [3.63, 3.8) is 0 Å². The Morgan fingerprint density at radius 2 is 1.64 bits per heavy atom. The number of para-hydroxylation sites is 1. The van der Waals surface area contributed by atoms with Gasteiger partial charge in [-0.15, -0.1) is 0 Å². The molecule has 0 aliphatic carbocycles. The van der Waals surface area contributed by atoms with Crippen molar-refractivity contribution in [1.82, 2.24) is 9.47 Å². The number of hydrogen-bond acceptors (Lipinski definition) is 3. The zero-order chi connectivity index (χ0) is 22.9. The van der Waals surface area contributed by atoms with Gasteiger partial charge in [-0.1, -0.05) is 66.2 Å². The number of nitrogens with zero attached hydrogens (tertiary/aromatic N) is 2. The molecule has 0 N–H and O–H groups in total. The Hall–Kier alpha value is -3.28. The monoisotopic (exact) mass is 472 g/mol. The Morgan fingerprint density at radius 1 is 0.909 bits per heavy atom. The van der Waals surface area contributed by atoms with E-state index in [0.717, 1.165) is 44.9 Å². The van der Waals surface area contributed by atoms with E-state index in [2.05, 4.69) is 10.6 Å². The van der Waals surface area contributed by atoms with Gasteiger partial charge in [-0.05, 0) is 59.7 Å². The van der Waals surface area contributed by atoms with Gasteiger partial charge in [-0.25, -0.2) is 0 Å². The van der Waals surface area contributed by atoms with Crippen LogP contribution in [-0.4, -0.2) is 20.6 Å². The lowest BCUT2D eigenvalue weighted by atomic mass is 10.1. The van der Waals surface area contributed by atoms with Crippen LogP contribution in [0.3, 0.4) is 0 Å². The smallest absolute Gasteiger partial charge is 0.293 e. The van der Waals surface area contributed by atoms with Crippen molar-refractivity contribution in [2.75, 3.05) is 0 Å². The summed E-state index contributed by atoms with van der Waals surface area (Å²) in [5.41, 5.74) is 5.15. The van der Waals surface area contributed by atoms with Crippen molar-refractivity contribution in [1.29, 1.82) is 0 Å². The van der Waals surface area contributed by atoms with Crippen molar-refractivity contribution >= 4 is 51.5 Å². The highest BCUT2D eigenvalue weighted by molar-refractivity contribution is 8.18. The number of carbonyl (C=O) groups excluding carboxylic acids is 2. The molecule has 0 unspecified atom stereocenters. The predicted octanol–water partition coefficient (Wildman–Crippen LogP) is 6.89. The summed E-state index contributed by atoms with van der Waals surface area (Å²) in [6.07, 6.45) is 3.87. The number of amides is 2. The molecule has 33 heavy (non-hydrogen) atoms. The summed E-state index contributed by atoms with van der Waals surface area (Å²) in [6, 6.07) is 23.7. The second-order valence-corrected chi connectivity index (χ2v) is 9.48. The van der Waals surface area contributed by atoms with Crippen LogP contribution in [-0.2, 0) is 17.9 Å². The van der Waals surface area contributed by atoms with Crippen molar-refractivity contribution < 1.29 is 9.59 Å². The summed E-state index contributed by atoms with van der Waals surface area (Å²) in [4.78, 5) is 27.5. The first-order valence-electron chi connectivity index (χ1n) is 10.6. The Morgan fingerprint density at radius 3 is 2.42 bits per heavy atom. The van der Waals surface area contributed by atoms with Crippen LogP contribution in [0.5, 0.6) is 0 Å². The number of rotatable bonds is 5.